The molecule has 0 radical (unpaired) electrons. The number of Topliss-reactive ketones (excluding diaryl/α,β-unsaturated/α-hetero) is 1. The number of nitrogens with zero attached hydrogens (tertiary/aromatic N) is 2. The van der Waals surface area contributed by atoms with E-state index in [0.29, 0.717) is 18.7 Å². The maximum Gasteiger partial charge on any atom is 0.294 e. The molecule has 0 N–H and O–H groups in total. The van der Waals surface area contributed by atoms with E-state index in [-0.39, 0.29) is 11.3 Å². The molecule has 1 aromatic heterocycles. The summed E-state index contributed by atoms with van der Waals surface area (Å²) >= 11 is 1.67. The summed E-state index contributed by atoms with van der Waals surface area (Å²) in [6.45, 7) is 9.72. The average Bonchev–Trinajstić information content (AvgIpc) is 3.16. The fourth-order valence-corrected chi connectivity index (χ4v) is 4.46. The Balaban J connectivity index is 1.70. The monoisotopic (exact) mass is 384 g/mol. The molecule has 0 saturated carbocycles. The number of aryl methyl sites for hydroxylation is 1. The molecule has 4 nitrogen and oxygen atoms in total. The van der Waals surface area contributed by atoms with Gasteiger partial charge in [-0.25, -0.2) is 4.98 Å². The van der Waals surface area contributed by atoms with Crippen molar-refractivity contribution in [2.45, 2.75) is 58.3 Å². The minimum absolute atomic E-state index is 0.0245. The molecule has 144 valence electrons. The van der Waals surface area contributed by atoms with Crippen molar-refractivity contribution >= 4 is 23.0 Å². The molecule has 0 spiro atoms. The van der Waals surface area contributed by atoms with Crippen LogP contribution in [0.5, 0.6) is 0 Å². The van der Waals surface area contributed by atoms with Gasteiger partial charge in [0.1, 0.15) is 0 Å². The van der Waals surface area contributed by atoms with E-state index >= 15 is 0 Å². The van der Waals surface area contributed by atoms with E-state index in [0.717, 1.165) is 35.5 Å². The lowest BCUT2D eigenvalue weighted by atomic mass is 9.86. The van der Waals surface area contributed by atoms with E-state index in [2.05, 4.69) is 38.1 Å². The van der Waals surface area contributed by atoms with Gasteiger partial charge in [-0.15, -0.1) is 11.3 Å². The van der Waals surface area contributed by atoms with Crippen molar-refractivity contribution in [3.8, 4) is 0 Å². The molecule has 1 amide bonds. The van der Waals surface area contributed by atoms with Gasteiger partial charge in [-0.3, -0.25) is 9.59 Å². The first kappa shape index (κ1) is 19.7. The number of thiazole rings is 1. The Morgan fingerprint density at radius 1 is 1.22 bits per heavy atom. The molecule has 1 aliphatic rings. The number of amides is 1. The van der Waals surface area contributed by atoms with Crippen LogP contribution in [0.1, 0.15) is 73.1 Å². The lowest BCUT2D eigenvalue weighted by Gasteiger charge is -2.31. The van der Waals surface area contributed by atoms with E-state index in [1.165, 1.54) is 0 Å². The molecular weight excluding hydrogens is 356 g/mol. The molecule has 0 bridgehead atoms. The first-order chi connectivity index (χ1) is 12.8. The van der Waals surface area contributed by atoms with Gasteiger partial charge in [-0.1, -0.05) is 52.0 Å². The maximum atomic E-state index is 12.8. The normalized spacial score (nSPS) is 17.8. The standard InChI is InChI=1S/C22H28N2O2S/c1-5-18-14-27-20(23-18)16-7-6-12-24(13-16)21(26)19(25)15-8-10-17(11-9-15)22(2,3)4/h8-11,14,16H,5-7,12-13H2,1-4H3. The van der Waals surface area contributed by atoms with E-state index < -0.39 is 11.7 Å². The summed E-state index contributed by atoms with van der Waals surface area (Å²) in [5.41, 5.74) is 2.75. The Labute approximate surface area is 165 Å². The molecule has 0 aliphatic carbocycles. The third-order valence-electron chi connectivity index (χ3n) is 5.20. The quantitative estimate of drug-likeness (QED) is 0.572. The summed E-state index contributed by atoms with van der Waals surface area (Å²) in [5, 5.41) is 3.18. The maximum absolute atomic E-state index is 12.8. The molecule has 2 heterocycles. The van der Waals surface area contributed by atoms with Gasteiger partial charge >= 0.3 is 0 Å². The van der Waals surface area contributed by atoms with Crippen molar-refractivity contribution in [2.24, 2.45) is 0 Å². The zero-order valence-corrected chi connectivity index (χ0v) is 17.4. The molecule has 2 aromatic rings. The van der Waals surface area contributed by atoms with Crippen molar-refractivity contribution in [3.05, 3.63) is 51.5 Å². The Morgan fingerprint density at radius 3 is 2.52 bits per heavy atom. The van der Waals surface area contributed by atoms with E-state index in [1.807, 2.05) is 12.1 Å². The number of likely N-dealkylation sites (tertiary alicyclic amines) is 1. The number of ketones is 1. The Hall–Kier alpha value is -2.01. The SMILES string of the molecule is CCc1csc(C2CCCN(C(=O)C(=O)c3ccc(C(C)(C)C)cc3)C2)n1. The van der Waals surface area contributed by atoms with Gasteiger partial charge in [0.25, 0.3) is 5.91 Å². The third kappa shape index (κ3) is 4.46. The van der Waals surface area contributed by atoms with Crippen molar-refractivity contribution < 1.29 is 9.59 Å². The lowest BCUT2D eigenvalue weighted by molar-refractivity contribution is -0.127. The highest BCUT2D eigenvalue weighted by Gasteiger charge is 2.30. The number of carbonyl (C=O) groups excluding carboxylic acids is 2. The van der Waals surface area contributed by atoms with Gasteiger partial charge in [0.05, 0.1) is 10.7 Å². The van der Waals surface area contributed by atoms with Gasteiger partial charge in [-0.2, -0.15) is 0 Å². The molecule has 3 rings (SSSR count). The lowest BCUT2D eigenvalue weighted by Crippen LogP contribution is -2.42. The fourth-order valence-electron chi connectivity index (χ4n) is 3.42. The predicted octanol–water partition coefficient (Wildman–Crippen LogP) is 4.59. The van der Waals surface area contributed by atoms with Crippen molar-refractivity contribution in [1.29, 1.82) is 0 Å². The largest absolute Gasteiger partial charge is 0.335 e. The van der Waals surface area contributed by atoms with Crippen LogP contribution in [0.25, 0.3) is 0 Å². The third-order valence-corrected chi connectivity index (χ3v) is 6.25. The van der Waals surface area contributed by atoms with Crippen LogP contribution in [0.3, 0.4) is 0 Å². The van der Waals surface area contributed by atoms with Gasteiger partial charge in [0, 0.05) is 30.0 Å². The molecular formula is C22H28N2O2S. The number of benzene rings is 1. The zero-order valence-electron chi connectivity index (χ0n) is 16.6. The predicted molar refractivity (Wildman–Crippen MR) is 110 cm³/mol. The van der Waals surface area contributed by atoms with Crippen molar-refractivity contribution in [2.75, 3.05) is 13.1 Å². The van der Waals surface area contributed by atoms with Crippen LogP contribution in [-0.4, -0.2) is 34.7 Å². The smallest absolute Gasteiger partial charge is 0.294 e. The Morgan fingerprint density at radius 2 is 1.93 bits per heavy atom. The number of hydrogen-bond acceptors (Lipinski definition) is 4. The molecule has 1 aliphatic heterocycles. The molecule has 1 aromatic carbocycles. The van der Waals surface area contributed by atoms with Crippen LogP contribution in [0, 0.1) is 0 Å². The van der Waals surface area contributed by atoms with Crippen LogP contribution in [0.4, 0.5) is 0 Å². The van der Waals surface area contributed by atoms with Crippen LogP contribution in [-0.2, 0) is 16.6 Å². The Kier molecular flexibility index (Phi) is 5.80. The number of hydrogen-bond donors (Lipinski definition) is 0. The van der Waals surface area contributed by atoms with Crippen LogP contribution >= 0.6 is 11.3 Å². The summed E-state index contributed by atoms with van der Waals surface area (Å²) in [7, 11) is 0. The molecule has 1 fully saturated rings. The number of piperidine rings is 1. The molecule has 5 heteroatoms. The molecule has 1 saturated heterocycles. The first-order valence-electron chi connectivity index (χ1n) is 9.68. The minimum atomic E-state index is -0.413. The summed E-state index contributed by atoms with van der Waals surface area (Å²) in [6, 6.07) is 7.44. The average molecular weight is 385 g/mol. The van der Waals surface area contributed by atoms with E-state index in [9.17, 15) is 9.59 Å². The van der Waals surface area contributed by atoms with Crippen LogP contribution in [0.2, 0.25) is 0 Å². The fraction of sp³-hybridized carbons (Fsp3) is 0.500. The number of carbonyl (C=O) groups is 2. The number of rotatable bonds is 4. The summed E-state index contributed by atoms with van der Waals surface area (Å²) in [4.78, 5) is 31.9. The van der Waals surface area contributed by atoms with Gasteiger partial charge in [0.15, 0.2) is 0 Å². The van der Waals surface area contributed by atoms with Gasteiger partial charge in [0.2, 0.25) is 5.78 Å². The van der Waals surface area contributed by atoms with Crippen LogP contribution < -0.4 is 0 Å². The summed E-state index contributed by atoms with van der Waals surface area (Å²) in [6.07, 6.45) is 2.86. The van der Waals surface area contributed by atoms with Gasteiger partial charge < -0.3 is 4.90 Å². The first-order valence-corrected chi connectivity index (χ1v) is 10.6. The van der Waals surface area contributed by atoms with Crippen LogP contribution in [0.15, 0.2) is 29.6 Å². The van der Waals surface area contributed by atoms with E-state index in [1.54, 1.807) is 28.4 Å². The second-order valence-electron chi connectivity index (χ2n) is 8.28. The highest BCUT2D eigenvalue weighted by Crippen LogP contribution is 2.30. The second-order valence-corrected chi connectivity index (χ2v) is 9.17. The van der Waals surface area contributed by atoms with Gasteiger partial charge in [-0.05, 0) is 30.2 Å². The topological polar surface area (TPSA) is 50.3 Å². The van der Waals surface area contributed by atoms with Crippen molar-refractivity contribution in [1.82, 2.24) is 9.88 Å². The summed E-state index contributed by atoms with van der Waals surface area (Å²) in [5.74, 6) is -0.566. The summed E-state index contributed by atoms with van der Waals surface area (Å²) < 4.78 is 0. The molecule has 1 unspecified atom stereocenters. The second kappa shape index (κ2) is 7.93. The minimum Gasteiger partial charge on any atom is -0.335 e. The van der Waals surface area contributed by atoms with Crippen molar-refractivity contribution in [3.63, 3.8) is 0 Å². The Bertz CT molecular complexity index is 818. The highest BCUT2D eigenvalue weighted by atomic mass is 32.1. The number of aromatic nitrogens is 1. The molecule has 1 atom stereocenters. The van der Waals surface area contributed by atoms with E-state index in [4.69, 9.17) is 0 Å². The highest BCUT2D eigenvalue weighted by molar-refractivity contribution is 7.09. The molecule has 27 heavy (non-hydrogen) atoms. The zero-order chi connectivity index (χ0) is 19.6.